The zero-order valence-corrected chi connectivity index (χ0v) is 20.3. The molecule has 1 saturated carbocycles. The first-order valence-electron chi connectivity index (χ1n) is 11.8. The Balaban J connectivity index is 0.000000198. The van der Waals surface area contributed by atoms with Crippen LogP contribution in [0.3, 0.4) is 0 Å². The lowest BCUT2D eigenvalue weighted by atomic mass is 9.89. The fourth-order valence-corrected chi connectivity index (χ4v) is 3.67. The molecule has 1 heterocycles. The molecule has 35 heavy (non-hydrogen) atoms. The second kappa shape index (κ2) is 11.3. The van der Waals surface area contributed by atoms with E-state index in [1.54, 1.807) is 12.1 Å². The van der Waals surface area contributed by atoms with Crippen molar-refractivity contribution in [1.29, 1.82) is 0 Å². The topological polar surface area (TPSA) is 56.0 Å². The van der Waals surface area contributed by atoms with Crippen LogP contribution in [0.25, 0.3) is 17.3 Å². The van der Waals surface area contributed by atoms with E-state index >= 15 is 0 Å². The molecule has 1 amide bonds. The molecule has 4 rings (SSSR count). The molecule has 184 valence electrons. The van der Waals surface area contributed by atoms with Gasteiger partial charge in [-0.2, -0.15) is 13.2 Å². The summed E-state index contributed by atoms with van der Waals surface area (Å²) in [5.41, 5.74) is 10.9. The van der Waals surface area contributed by atoms with Gasteiger partial charge in [-0.15, -0.1) is 0 Å². The number of nitrogens with zero attached hydrogens (tertiary/aromatic N) is 1. The van der Waals surface area contributed by atoms with Gasteiger partial charge in [-0.1, -0.05) is 61.9 Å². The van der Waals surface area contributed by atoms with Crippen LogP contribution in [0, 0.1) is 6.92 Å². The summed E-state index contributed by atoms with van der Waals surface area (Å²) < 4.78 is 37.5. The minimum atomic E-state index is -4.25. The number of pyridine rings is 1. The van der Waals surface area contributed by atoms with Crippen molar-refractivity contribution >= 4 is 12.0 Å². The molecule has 6 heteroatoms. The number of amides is 1. The summed E-state index contributed by atoms with van der Waals surface area (Å²) in [6.45, 7) is 6.22. The zero-order valence-electron chi connectivity index (χ0n) is 20.3. The maximum atomic E-state index is 12.5. The standard InChI is InChI=1S/C16H18N2O.C13H13F3/c1-3-11(2)12-7-9-13(10-8-12)14-5-4-6-15(18-14)16(17)19;1-9-5-6-12(13(14,15)16)8-11(9)7-10-3-2-4-10/h4-11H,3H2,1-2H3,(H2,17,19);5-8H,2-4H2,1H3. The predicted octanol–water partition coefficient (Wildman–Crippen LogP) is 7.94. The highest BCUT2D eigenvalue weighted by molar-refractivity contribution is 5.91. The number of hydrogen-bond donors (Lipinski definition) is 1. The average Bonchev–Trinajstić information content (AvgIpc) is 2.81. The van der Waals surface area contributed by atoms with Gasteiger partial charge in [-0.3, -0.25) is 4.79 Å². The van der Waals surface area contributed by atoms with Gasteiger partial charge in [0.15, 0.2) is 0 Å². The van der Waals surface area contributed by atoms with Crippen LogP contribution in [-0.4, -0.2) is 10.9 Å². The van der Waals surface area contributed by atoms with Crippen molar-refractivity contribution in [2.45, 2.75) is 58.5 Å². The third-order valence-corrected chi connectivity index (χ3v) is 6.35. The van der Waals surface area contributed by atoms with Crippen molar-refractivity contribution in [1.82, 2.24) is 4.98 Å². The van der Waals surface area contributed by atoms with Crippen molar-refractivity contribution in [3.63, 3.8) is 0 Å². The number of primary amides is 1. The van der Waals surface area contributed by atoms with Crippen LogP contribution in [0.1, 0.15) is 78.2 Å². The largest absolute Gasteiger partial charge is 0.416 e. The first kappa shape index (κ1) is 26.2. The van der Waals surface area contributed by atoms with E-state index in [0.29, 0.717) is 17.2 Å². The first-order chi connectivity index (χ1) is 16.6. The normalized spacial score (nSPS) is 13.8. The van der Waals surface area contributed by atoms with Crippen LogP contribution < -0.4 is 5.73 Å². The van der Waals surface area contributed by atoms with Crippen LogP contribution >= 0.6 is 0 Å². The summed E-state index contributed by atoms with van der Waals surface area (Å²) in [6.07, 6.45) is 1.97. The number of alkyl halides is 3. The van der Waals surface area contributed by atoms with E-state index in [9.17, 15) is 18.0 Å². The molecule has 2 N–H and O–H groups in total. The molecule has 1 aliphatic carbocycles. The smallest absolute Gasteiger partial charge is 0.364 e. The van der Waals surface area contributed by atoms with Crippen LogP contribution in [-0.2, 0) is 6.18 Å². The summed E-state index contributed by atoms with van der Waals surface area (Å²) in [4.78, 5) is 15.4. The van der Waals surface area contributed by atoms with E-state index in [2.05, 4.69) is 31.0 Å². The zero-order chi connectivity index (χ0) is 25.6. The Morgan fingerprint density at radius 3 is 2.31 bits per heavy atom. The number of rotatable bonds is 5. The molecule has 1 aliphatic rings. The third-order valence-electron chi connectivity index (χ3n) is 6.35. The molecular formula is C29H31F3N2O. The number of carbonyl (C=O) groups excluding carboxylic acids is 1. The van der Waals surface area contributed by atoms with Crippen LogP contribution in [0.4, 0.5) is 13.2 Å². The number of nitrogens with two attached hydrogens (primary N) is 1. The van der Waals surface area contributed by atoms with Gasteiger partial charge in [0.1, 0.15) is 5.69 Å². The van der Waals surface area contributed by atoms with Gasteiger partial charge in [0.2, 0.25) is 0 Å². The molecule has 1 atom stereocenters. The number of halogens is 3. The minimum Gasteiger partial charge on any atom is -0.364 e. The summed E-state index contributed by atoms with van der Waals surface area (Å²) in [7, 11) is 0. The lowest BCUT2D eigenvalue weighted by molar-refractivity contribution is -0.137. The molecule has 0 radical (unpaired) electrons. The molecule has 0 aliphatic heterocycles. The van der Waals surface area contributed by atoms with E-state index in [-0.39, 0.29) is 0 Å². The van der Waals surface area contributed by atoms with Gasteiger partial charge in [0, 0.05) is 5.56 Å². The Morgan fingerprint density at radius 1 is 1.09 bits per heavy atom. The van der Waals surface area contributed by atoms with Crippen LogP contribution in [0.5, 0.6) is 0 Å². The van der Waals surface area contributed by atoms with E-state index in [1.807, 2.05) is 31.2 Å². The monoisotopic (exact) mass is 480 g/mol. The van der Waals surface area contributed by atoms with Gasteiger partial charge in [0.25, 0.3) is 5.91 Å². The Hall–Kier alpha value is -3.41. The van der Waals surface area contributed by atoms with Crippen LogP contribution in [0.15, 0.2) is 66.2 Å². The molecule has 1 unspecified atom stereocenters. The van der Waals surface area contributed by atoms with Gasteiger partial charge in [0.05, 0.1) is 11.3 Å². The number of allylic oxidation sites excluding steroid dienone is 1. The highest BCUT2D eigenvalue weighted by Gasteiger charge is 2.30. The molecule has 3 nitrogen and oxygen atoms in total. The van der Waals surface area contributed by atoms with E-state index in [0.717, 1.165) is 48.6 Å². The maximum absolute atomic E-state index is 12.5. The Morgan fingerprint density at radius 2 is 1.77 bits per heavy atom. The molecule has 2 aromatic carbocycles. The highest BCUT2D eigenvalue weighted by Crippen LogP contribution is 2.33. The Bertz CT molecular complexity index is 1190. The molecule has 0 bridgehead atoms. The molecule has 0 spiro atoms. The Kier molecular flexibility index (Phi) is 8.49. The summed E-state index contributed by atoms with van der Waals surface area (Å²) in [5, 5.41) is 0. The number of aromatic nitrogens is 1. The third kappa shape index (κ3) is 7.04. The summed E-state index contributed by atoms with van der Waals surface area (Å²) >= 11 is 0. The Labute approximate surface area is 204 Å². The van der Waals surface area contributed by atoms with Crippen molar-refractivity contribution in [3.05, 3.63) is 94.2 Å². The number of hydrogen-bond acceptors (Lipinski definition) is 2. The van der Waals surface area contributed by atoms with Crippen LogP contribution in [0.2, 0.25) is 0 Å². The van der Waals surface area contributed by atoms with Crippen molar-refractivity contribution in [3.8, 4) is 11.3 Å². The number of aryl methyl sites for hydroxylation is 1. The quantitative estimate of drug-likeness (QED) is 0.403. The SMILES string of the molecule is CCC(C)c1ccc(-c2cccc(C(N)=O)n2)cc1.Cc1ccc(C(F)(F)F)cc1C=C1CCC1. The second-order valence-electron chi connectivity index (χ2n) is 8.93. The van der Waals surface area contributed by atoms with Gasteiger partial charge in [-0.25, -0.2) is 4.98 Å². The van der Waals surface area contributed by atoms with Crippen molar-refractivity contribution in [2.75, 3.05) is 0 Å². The molecule has 0 saturated heterocycles. The van der Waals surface area contributed by atoms with Gasteiger partial charge < -0.3 is 5.73 Å². The number of carbonyl (C=O) groups is 1. The summed E-state index contributed by atoms with van der Waals surface area (Å²) in [5.74, 6) is 0.0528. The first-order valence-corrected chi connectivity index (χ1v) is 11.8. The summed E-state index contributed by atoms with van der Waals surface area (Å²) in [6, 6.07) is 17.5. The molecular weight excluding hydrogens is 449 g/mol. The van der Waals surface area contributed by atoms with E-state index in [1.165, 1.54) is 23.3 Å². The van der Waals surface area contributed by atoms with E-state index in [4.69, 9.17) is 5.73 Å². The molecule has 3 aromatic rings. The predicted molar refractivity (Wildman–Crippen MR) is 135 cm³/mol. The van der Waals surface area contributed by atoms with Gasteiger partial charge in [-0.05, 0) is 79.5 Å². The fraction of sp³-hybridized carbons (Fsp3) is 0.310. The maximum Gasteiger partial charge on any atom is 0.416 e. The highest BCUT2D eigenvalue weighted by atomic mass is 19.4. The average molecular weight is 481 g/mol. The fourth-order valence-electron chi connectivity index (χ4n) is 3.67. The van der Waals surface area contributed by atoms with Gasteiger partial charge >= 0.3 is 6.18 Å². The lowest BCUT2D eigenvalue weighted by Gasteiger charge is -2.17. The number of benzene rings is 2. The lowest BCUT2D eigenvalue weighted by Crippen LogP contribution is -2.12. The van der Waals surface area contributed by atoms with Crippen molar-refractivity contribution < 1.29 is 18.0 Å². The minimum absolute atomic E-state index is 0.295. The van der Waals surface area contributed by atoms with Crippen molar-refractivity contribution in [2.24, 2.45) is 5.73 Å². The van der Waals surface area contributed by atoms with E-state index < -0.39 is 17.6 Å². The molecule has 1 aromatic heterocycles. The molecule has 1 fully saturated rings. The second-order valence-corrected chi connectivity index (χ2v) is 8.93.